The number of hydrogen-bond donors (Lipinski definition) is 1. The van der Waals surface area contributed by atoms with Gasteiger partial charge in [0.25, 0.3) is 0 Å². The topological polar surface area (TPSA) is 46.5 Å². The fraction of sp³-hybridized carbons (Fsp3) is 0.133. The summed E-state index contributed by atoms with van der Waals surface area (Å²) in [5, 5.41) is 9.02. The molecule has 0 aliphatic carbocycles. The molecule has 1 N–H and O–H groups in total. The van der Waals surface area contributed by atoms with E-state index in [2.05, 4.69) is 15.9 Å². The van der Waals surface area contributed by atoms with Gasteiger partial charge in [0.2, 0.25) is 0 Å². The molecule has 2 rings (SSSR count). The van der Waals surface area contributed by atoms with Crippen molar-refractivity contribution in [3.05, 3.63) is 63.4 Å². The molecule has 3 nitrogen and oxygen atoms in total. The molecule has 0 aliphatic heterocycles. The Morgan fingerprint density at radius 2 is 2.05 bits per heavy atom. The molecule has 0 bridgehead atoms. The third-order valence-corrected chi connectivity index (χ3v) is 3.57. The molecule has 0 unspecified atom stereocenters. The highest BCUT2D eigenvalue weighted by molar-refractivity contribution is 9.10. The number of rotatable bonds is 4. The van der Waals surface area contributed by atoms with E-state index in [9.17, 15) is 9.18 Å². The fourth-order valence-electron chi connectivity index (χ4n) is 1.71. The van der Waals surface area contributed by atoms with Crippen LogP contribution < -0.4 is 4.74 Å². The van der Waals surface area contributed by atoms with E-state index in [-0.39, 0.29) is 18.0 Å². The number of ether oxygens (including phenoxy) is 1. The Balaban J connectivity index is 2.17. The van der Waals surface area contributed by atoms with E-state index < -0.39 is 5.97 Å². The molecule has 2 aromatic carbocycles. The highest BCUT2D eigenvalue weighted by Gasteiger charge is 2.10. The number of carboxylic acids is 1. The van der Waals surface area contributed by atoms with Gasteiger partial charge in [-0.25, -0.2) is 9.18 Å². The van der Waals surface area contributed by atoms with Crippen LogP contribution in [0.5, 0.6) is 5.75 Å². The second-order valence-corrected chi connectivity index (χ2v) is 5.16. The average molecular weight is 339 g/mol. The van der Waals surface area contributed by atoms with E-state index in [1.807, 2.05) is 6.92 Å². The molecule has 2 aromatic rings. The van der Waals surface area contributed by atoms with Crippen molar-refractivity contribution in [2.75, 3.05) is 0 Å². The van der Waals surface area contributed by atoms with Crippen LogP contribution in [-0.2, 0) is 6.61 Å². The van der Waals surface area contributed by atoms with E-state index in [1.165, 1.54) is 18.2 Å². The number of carboxylic acid groups (broad SMARTS) is 1. The second-order valence-electron chi connectivity index (χ2n) is 4.31. The Labute approximate surface area is 124 Å². The first-order chi connectivity index (χ1) is 9.47. The lowest BCUT2D eigenvalue weighted by Crippen LogP contribution is -2.01. The molecule has 5 heteroatoms. The van der Waals surface area contributed by atoms with Crippen LogP contribution in [0.25, 0.3) is 0 Å². The molecular formula is C15H12BrFO3. The molecule has 0 aliphatic rings. The SMILES string of the molecule is Cc1ccc(F)cc1COc1ccc(Br)c(C(=O)O)c1. The Morgan fingerprint density at radius 1 is 1.30 bits per heavy atom. The summed E-state index contributed by atoms with van der Waals surface area (Å²) in [6, 6.07) is 9.18. The average Bonchev–Trinajstić information content (AvgIpc) is 2.41. The standard InChI is InChI=1S/C15H12BrFO3/c1-9-2-3-11(17)6-10(9)8-20-12-4-5-14(16)13(7-12)15(18)19/h2-7H,8H2,1H3,(H,18,19). The molecule has 0 fully saturated rings. The number of aromatic carboxylic acids is 1. The molecule has 0 saturated heterocycles. The van der Waals surface area contributed by atoms with Crippen molar-refractivity contribution in [2.24, 2.45) is 0 Å². The van der Waals surface area contributed by atoms with Crippen molar-refractivity contribution in [1.82, 2.24) is 0 Å². The summed E-state index contributed by atoms with van der Waals surface area (Å²) in [5.41, 5.74) is 1.77. The largest absolute Gasteiger partial charge is 0.489 e. The summed E-state index contributed by atoms with van der Waals surface area (Å²) in [5.74, 6) is -0.935. The zero-order valence-electron chi connectivity index (χ0n) is 10.7. The lowest BCUT2D eigenvalue weighted by Gasteiger charge is -2.10. The summed E-state index contributed by atoms with van der Waals surface area (Å²) in [7, 11) is 0. The van der Waals surface area contributed by atoms with Crippen LogP contribution >= 0.6 is 15.9 Å². The van der Waals surface area contributed by atoms with Crippen LogP contribution in [0, 0.1) is 12.7 Å². The predicted octanol–water partition coefficient (Wildman–Crippen LogP) is 4.17. The minimum Gasteiger partial charge on any atom is -0.489 e. The lowest BCUT2D eigenvalue weighted by molar-refractivity contribution is 0.0695. The first kappa shape index (κ1) is 14.5. The minimum atomic E-state index is -1.04. The van der Waals surface area contributed by atoms with Gasteiger partial charge in [0, 0.05) is 4.47 Å². The van der Waals surface area contributed by atoms with Gasteiger partial charge in [-0.15, -0.1) is 0 Å². The highest BCUT2D eigenvalue weighted by atomic mass is 79.9. The van der Waals surface area contributed by atoms with Gasteiger partial charge in [-0.3, -0.25) is 0 Å². The van der Waals surface area contributed by atoms with Crippen LogP contribution in [0.2, 0.25) is 0 Å². The Morgan fingerprint density at radius 3 is 2.75 bits per heavy atom. The second kappa shape index (κ2) is 6.05. The Kier molecular flexibility index (Phi) is 4.39. The van der Waals surface area contributed by atoms with Crippen LogP contribution in [-0.4, -0.2) is 11.1 Å². The lowest BCUT2D eigenvalue weighted by atomic mass is 10.1. The van der Waals surface area contributed by atoms with Crippen molar-refractivity contribution in [1.29, 1.82) is 0 Å². The van der Waals surface area contributed by atoms with Gasteiger partial charge in [0.15, 0.2) is 0 Å². The van der Waals surface area contributed by atoms with E-state index >= 15 is 0 Å². The third-order valence-electron chi connectivity index (χ3n) is 2.87. The van der Waals surface area contributed by atoms with Crippen LogP contribution in [0.15, 0.2) is 40.9 Å². The van der Waals surface area contributed by atoms with Gasteiger partial charge in [-0.2, -0.15) is 0 Å². The monoisotopic (exact) mass is 338 g/mol. The fourth-order valence-corrected chi connectivity index (χ4v) is 2.13. The molecule has 20 heavy (non-hydrogen) atoms. The first-order valence-electron chi connectivity index (χ1n) is 5.88. The molecule has 0 heterocycles. The van der Waals surface area contributed by atoms with Crippen molar-refractivity contribution in [3.63, 3.8) is 0 Å². The van der Waals surface area contributed by atoms with Crippen molar-refractivity contribution in [3.8, 4) is 5.75 Å². The number of aryl methyl sites for hydroxylation is 1. The Bertz CT molecular complexity index is 656. The summed E-state index contributed by atoms with van der Waals surface area (Å²) in [4.78, 5) is 11.0. The number of carbonyl (C=O) groups is 1. The summed E-state index contributed by atoms with van der Waals surface area (Å²) >= 11 is 3.16. The van der Waals surface area contributed by atoms with Crippen LogP contribution in [0.1, 0.15) is 21.5 Å². The van der Waals surface area contributed by atoms with Gasteiger partial charge >= 0.3 is 5.97 Å². The smallest absolute Gasteiger partial charge is 0.336 e. The van der Waals surface area contributed by atoms with Crippen molar-refractivity contribution >= 4 is 21.9 Å². The van der Waals surface area contributed by atoms with E-state index in [0.29, 0.717) is 10.2 Å². The molecule has 0 atom stereocenters. The van der Waals surface area contributed by atoms with Crippen LogP contribution in [0.3, 0.4) is 0 Å². The molecule has 0 aromatic heterocycles. The molecule has 104 valence electrons. The van der Waals surface area contributed by atoms with E-state index in [1.54, 1.807) is 18.2 Å². The minimum absolute atomic E-state index is 0.124. The summed E-state index contributed by atoms with van der Waals surface area (Å²) < 4.78 is 19.2. The maximum absolute atomic E-state index is 13.2. The molecule has 0 spiro atoms. The quantitative estimate of drug-likeness (QED) is 0.909. The molecule has 0 saturated carbocycles. The zero-order chi connectivity index (χ0) is 14.7. The number of benzene rings is 2. The van der Waals surface area contributed by atoms with Gasteiger partial charge in [-0.1, -0.05) is 6.07 Å². The summed E-state index contributed by atoms with van der Waals surface area (Å²) in [6.07, 6.45) is 0. The van der Waals surface area contributed by atoms with Gasteiger partial charge in [-0.05, 0) is 64.3 Å². The van der Waals surface area contributed by atoms with Gasteiger partial charge < -0.3 is 9.84 Å². The van der Waals surface area contributed by atoms with Crippen LogP contribution in [0.4, 0.5) is 4.39 Å². The van der Waals surface area contributed by atoms with Gasteiger partial charge in [0.05, 0.1) is 5.56 Å². The Hall–Kier alpha value is -1.88. The molecule has 0 amide bonds. The first-order valence-corrected chi connectivity index (χ1v) is 6.67. The molecular weight excluding hydrogens is 327 g/mol. The number of halogens is 2. The van der Waals surface area contributed by atoms with Crippen molar-refractivity contribution in [2.45, 2.75) is 13.5 Å². The highest BCUT2D eigenvalue weighted by Crippen LogP contribution is 2.23. The normalized spacial score (nSPS) is 10.3. The molecule has 0 radical (unpaired) electrons. The zero-order valence-corrected chi connectivity index (χ0v) is 12.3. The predicted molar refractivity (Wildman–Crippen MR) is 76.6 cm³/mol. The van der Waals surface area contributed by atoms with Crippen molar-refractivity contribution < 1.29 is 19.0 Å². The maximum Gasteiger partial charge on any atom is 0.336 e. The van der Waals surface area contributed by atoms with E-state index in [4.69, 9.17) is 9.84 Å². The third kappa shape index (κ3) is 3.36. The maximum atomic E-state index is 13.2. The van der Waals surface area contributed by atoms with E-state index in [0.717, 1.165) is 11.1 Å². The van der Waals surface area contributed by atoms with Gasteiger partial charge in [0.1, 0.15) is 18.2 Å². The summed E-state index contributed by atoms with van der Waals surface area (Å²) in [6.45, 7) is 2.05. The number of hydrogen-bond acceptors (Lipinski definition) is 2.